The Bertz CT molecular complexity index is 608. The fourth-order valence-corrected chi connectivity index (χ4v) is 2.01. The molecular formula is C14H16BrNO2. The Balaban J connectivity index is 2.47. The monoisotopic (exact) mass is 309 g/mol. The summed E-state index contributed by atoms with van der Waals surface area (Å²) in [5, 5.41) is 0.916. The molecule has 0 atom stereocenters. The van der Waals surface area contributed by atoms with E-state index >= 15 is 0 Å². The maximum atomic E-state index is 12.0. The highest BCUT2D eigenvalue weighted by Crippen LogP contribution is 2.33. The predicted molar refractivity (Wildman–Crippen MR) is 75.8 cm³/mol. The Hall–Kier alpha value is -1.29. The summed E-state index contributed by atoms with van der Waals surface area (Å²) in [6.45, 7) is 7.43. The number of fused-ring (bicyclic) bond motifs is 1. The molecule has 0 radical (unpaired) electrons. The number of halogens is 1. The summed E-state index contributed by atoms with van der Waals surface area (Å²) in [6.07, 6.45) is 0. The number of hydrogen-bond acceptors (Lipinski definition) is 2. The van der Waals surface area contributed by atoms with E-state index in [2.05, 4.69) is 20.9 Å². The Labute approximate surface area is 115 Å². The zero-order valence-electron chi connectivity index (χ0n) is 10.9. The zero-order chi connectivity index (χ0) is 13.5. The van der Waals surface area contributed by atoms with Gasteiger partial charge in [-0.1, -0.05) is 15.9 Å². The normalized spacial score (nSPS) is 11.8. The second-order valence-electron chi connectivity index (χ2n) is 5.41. The van der Waals surface area contributed by atoms with Gasteiger partial charge in [-0.05, 0) is 45.9 Å². The first-order chi connectivity index (χ1) is 8.29. The molecule has 0 amide bonds. The van der Waals surface area contributed by atoms with Crippen molar-refractivity contribution in [3.63, 3.8) is 0 Å². The number of nitrogens with one attached hydrogen (secondary N) is 1. The van der Waals surface area contributed by atoms with Gasteiger partial charge in [0.1, 0.15) is 0 Å². The number of aromatic amines is 1. The van der Waals surface area contributed by atoms with Gasteiger partial charge in [-0.3, -0.25) is 4.79 Å². The van der Waals surface area contributed by atoms with Gasteiger partial charge < -0.3 is 9.72 Å². The van der Waals surface area contributed by atoms with Crippen molar-refractivity contribution in [2.75, 3.05) is 0 Å². The van der Waals surface area contributed by atoms with Crippen molar-refractivity contribution in [2.45, 2.75) is 27.7 Å². The number of ether oxygens (including phenoxy) is 1. The van der Waals surface area contributed by atoms with E-state index in [0.29, 0.717) is 5.75 Å². The zero-order valence-corrected chi connectivity index (χ0v) is 12.5. The number of carbonyl (C=O) groups is 1. The topological polar surface area (TPSA) is 42.1 Å². The van der Waals surface area contributed by atoms with Crippen LogP contribution in [0.2, 0.25) is 0 Å². The molecule has 0 saturated heterocycles. The maximum absolute atomic E-state index is 12.0. The molecule has 4 heteroatoms. The molecule has 0 fully saturated rings. The molecule has 1 aromatic heterocycles. The summed E-state index contributed by atoms with van der Waals surface area (Å²) in [5.74, 6) is 0.387. The maximum Gasteiger partial charge on any atom is 0.316 e. The first kappa shape index (κ1) is 13.1. The Morgan fingerprint density at radius 3 is 2.61 bits per heavy atom. The highest BCUT2D eigenvalue weighted by atomic mass is 79.9. The second kappa shape index (κ2) is 4.43. The molecule has 2 rings (SSSR count). The smallest absolute Gasteiger partial charge is 0.316 e. The number of H-pyrrole nitrogens is 1. The van der Waals surface area contributed by atoms with Gasteiger partial charge in [0.15, 0.2) is 5.75 Å². The molecule has 18 heavy (non-hydrogen) atoms. The van der Waals surface area contributed by atoms with Crippen LogP contribution in [0.5, 0.6) is 5.75 Å². The number of aromatic nitrogens is 1. The van der Waals surface area contributed by atoms with E-state index in [9.17, 15) is 4.79 Å². The third-order valence-corrected chi connectivity index (χ3v) is 3.19. The summed E-state index contributed by atoms with van der Waals surface area (Å²) < 4.78 is 6.49. The van der Waals surface area contributed by atoms with Crippen molar-refractivity contribution in [3.8, 4) is 5.75 Å². The number of hydrogen-bond donors (Lipinski definition) is 1. The molecule has 96 valence electrons. The highest BCUT2D eigenvalue weighted by Gasteiger charge is 2.25. The SMILES string of the molecule is Cc1[nH]c2ccc(Br)cc2c1OC(=O)C(C)(C)C. The third kappa shape index (κ3) is 2.43. The summed E-state index contributed by atoms with van der Waals surface area (Å²) in [7, 11) is 0. The van der Waals surface area contributed by atoms with Crippen molar-refractivity contribution in [3.05, 3.63) is 28.4 Å². The Kier molecular flexibility index (Phi) is 3.23. The Morgan fingerprint density at radius 1 is 1.33 bits per heavy atom. The second-order valence-corrected chi connectivity index (χ2v) is 6.32. The van der Waals surface area contributed by atoms with Gasteiger partial charge in [0.25, 0.3) is 0 Å². The van der Waals surface area contributed by atoms with Gasteiger partial charge in [-0.25, -0.2) is 0 Å². The lowest BCUT2D eigenvalue weighted by Crippen LogP contribution is -2.25. The van der Waals surface area contributed by atoms with E-state index < -0.39 is 5.41 Å². The number of rotatable bonds is 1. The lowest BCUT2D eigenvalue weighted by Gasteiger charge is -2.16. The molecule has 0 saturated carbocycles. The minimum absolute atomic E-state index is 0.230. The summed E-state index contributed by atoms with van der Waals surface area (Å²) in [5.41, 5.74) is 1.32. The van der Waals surface area contributed by atoms with Crippen LogP contribution in [-0.2, 0) is 4.79 Å². The lowest BCUT2D eigenvalue weighted by molar-refractivity contribution is -0.142. The summed E-state index contributed by atoms with van der Waals surface area (Å²) in [4.78, 5) is 15.2. The van der Waals surface area contributed by atoms with Crippen LogP contribution in [0.1, 0.15) is 26.5 Å². The largest absolute Gasteiger partial charge is 0.424 e. The van der Waals surface area contributed by atoms with Crippen molar-refractivity contribution in [2.24, 2.45) is 5.41 Å². The minimum atomic E-state index is -0.512. The fraction of sp³-hybridized carbons (Fsp3) is 0.357. The van der Waals surface area contributed by atoms with Crippen LogP contribution in [0.25, 0.3) is 10.9 Å². The molecule has 0 spiro atoms. The summed E-state index contributed by atoms with van der Waals surface area (Å²) in [6, 6.07) is 5.86. The molecule has 1 heterocycles. The fourth-order valence-electron chi connectivity index (χ4n) is 1.65. The van der Waals surface area contributed by atoms with E-state index in [0.717, 1.165) is 21.1 Å². The Morgan fingerprint density at radius 2 is 2.00 bits per heavy atom. The van der Waals surface area contributed by atoms with E-state index in [4.69, 9.17) is 4.74 Å². The van der Waals surface area contributed by atoms with Gasteiger partial charge in [0, 0.05) is 15.4 Å². The highest BCUT2D eigenvalue weighted by molar-refractivity contribution is 9.10. The van der Waals surface area contributed by atoms with Gasteiger partial charge >= 0.3 is 5.97 Å². The number of aryl methyl sites for hydroxylation is 1. The predicted octanol–water partition coefficient (Wildman–Crippen LogP) is 4.19. The van der Waals surface area contributed by atoms with Crippen LogP contribution in [-0.4, -0.2) is 11.0 Å². The molecule has 0 aliphatic heterocycles. The first-order valence-corrected chi connectivity index (χ1v) is 6.58. The molecule has 0 bridgehead atoms. The molecule has 1 aromatic carbocycles. The van der Waals surface area contributed by atoms with Gasteiger partial charge in [0.2, 0.25) is 0 Å². The van der Waals surface area contributed by atoms with Gasteiger partial charge in [0.05, 0.1) is 11.1 Å². The number of esters is 1. The number of carbonyl (C=O) groups excluding carboxylic acids is 1. The lowest BCUT2D eigenvalue weighted by atomic mass is 9.97. The average molecular weight is 310 g/mol. The molecular weight excluding hydrogens is 294 g/mol. The minimum Gasteiger partial charge on any atom is -0.424 e. The van der Waals surface area contributed by atoms with Crippen LogP contribution >= 0.6 is 15.9 Å². The van der Waals surface area contributed by atoms with E-state index in [1.165, 1.54) is 0 Å². The molecule has 0 aliphatic carbocycles. The molecule has 1 N–H and O–H groups in total. The van der Waals surface area contributed by atoms with Crippen molar-refractivity contribution < 1.29 is 9.53 Å². The van der Waals surface area contributed by atoms with Crippen molar-refractivity contribution in [1.82, 2.24) is 4.98 Å². The molecule has 3 nitrogen and oxygen atoms in total. The number of benzene rings is 1. The van der Waals surface area contributed by atoms with E-state index in [1.54, 1.807) is 0 Å². The van der Waals surface area contributed by atoms with E-state index in [1.807, 2.05) is 45.9 Å². The third-order valence-electron chi connectivity index (χ3n) is 2.70. The van der Waals surface area contributed by atoms with Crippen LogP contribution in [0, 0.1) is 12.3 Å². The molecule has 0 aliphatic rings. The van der Waals surface area contributed by atoms with Crippen LogP contribution in [0.3, 0.4) is 0 Å². The van der Waals surface area contributed by atoms with Crippen molar-refractivity contribution >= 4 is 32.8 Å². The standard InChI is InChI=1S/C14H16BrNO2/c1-8-12(18-13(17)14(2,3)4)10-7-9(15)5-6-11(10)16-8/h5-7,16H,1-4H3. The van der Waals surface area contributed by atoms with Gasteiger partial charge in [-0.2, -0.15) is 0 Å². The van der Waals surface area contributed by atoms with Crippen LogP contribution < -0.4 is 4.74 Å². The molecule has 2 aromatic rings. The average Bonchev–Trinajstić information content (AvgIpc) is 2.54. The summed E-state index contributed by atoms with van der Waals surface area (Å²) >= 11 is 3.43. The van der Waals surface area contributed by atoms with Gasteiger partial charge in [-0.15, -0.1) is 0 Å². The first-order valence-electron chi connectivity index (χ1n) is 5.79. The van der Waals surface area contributed by atoms with Crippen molar-refractivity contribution in [1.29, 1.82) is 0 Å². The van der Waals surface area contributed by atoms with Crippen LogP contribution in [0.4, 0.5) is 0 Å². The quantitative estimate of drug-likeness (QED) is 0.803. The van der Waals surface area contributed by atoms with E-state index in [-0.39, 0.29) is 5.97 Å². The van der Waals surface area contributed by atoms with Crippen LogP contribution in [0.15, 0.2) is 22.7 Å². The molecule has 0 unspecified atom stereocenters.